The van der Waals surface area contributed by atoms with Crippen LogP contribution in [0, 0.1) is 0 Å². The molecule has 0 aliphatic carbocycles. The average molecular weight is 297 g/mol. The minimum absolute atomic E-state index is 0.0341. The van der Waals surface area contributed by atoms with Gasteiger partial charge < -0.3 is 10.7 Å². The highest BCUT2D eigenvalue weighted by molar-refractivity contribution is 7.84. The molecule has 0 saturated heterocycles. The number of hydrogen-bond donors (Lipinski definition) is 3. The van der Waals surface area contributed by atoms with Crippen molar-refractivity contribution in [2.24, 2.45) is 5.84 Å². The number of aromatic nitrogens is 2. The van der Waals surface area contributed by atoms with E-state index in [9.17, 15) is 17.4 Å². The Balaban J connectivity index is 2.97. The Hall–Kier alpha value is -1.42. The molecule has 1 heterocycles. The Morgan fingerprint density at radius 2 is 2.00 bits per heavy atom. The van der Waals surface area contributed by atoms with Crippen molar-refractivity contribution < 1.29 is 17.4 Å². The Bertz CT molecular complexity index is 468. The minimum Gasteiger partial charge on any atom is -0.367 e. The zero-order valence-electron chi connectivity index (χ0n) is 10.3. The summed E-state index contributed by atoms with van der Waals surface area (Å²) in [6, 6.07) is 0.942. The molecule has 108 valence electrons. The first-order chi connectivity index (χ1) is 8.72. The summed E-state index contributed by atoms with van der Waals surface area (Å²) in [6.07, 6.45) is -3.16. The van der Waals surface area contributed by atoms with E-state index in [4.69, 9.17) is 5.84 Å². The predicted molar refractivity (Wildman–Crippen MR) is 66.9 cm³/mol. The summed E-state index contributed by atoms with van der Waals surface area (Å²) >= 11 is 0. The van der Waals surface area contributed by atoms with Crippen LogP contribution >= 0.6 is 0 Å². The molecule has 10 heteroatoms. The van der Waals surface area contributed by atoms with E-state index >= 15 is 0 Å². The van der Waals surface area contributed by atoms with E-state index in [1.165, 1.54) is 12.3 Å². The van der Waals surface area contributed by atoms with Gasteiger partial charge >= 0.3 is 6.18 Å². The van der Waals surface area contributed by atoms with Crippen molar-refractivity contribution in [2.45, 2.75) is 19.1 Å². The number of nitrogens with two attached hydrogens (primary N) is 1. The zero-order chi connectivity index (χ0) is 14.6. The fourth-order valence-electron chi connectivity index (χ4n) is 1.37. The maximum atomic E-state index is 12.6. The number of halogens is 3. The summed E-state index contributed by atoms with van der Waals surface area (Å²) in [4.78, 5) is 6.58. The van der Waals surface area contributed by atoms with Gasteiger partial charge in [0.1, 0.15) is 11.6 Å². The van der Waals surface area contributed by atoms with E-state index < -0.39 is 22.8 Å². The van der Waals surface area contributed by atoms with Crippen molar-refractivity contribution in [3.05, 3.63) is 11.9 Å². The first kappa shape index (κ1) is 15.6. The van der Waals surface area contributed by atoms with Gasteiger partial charge in [-0.05, 0) is 6.92 Å². The van der Waals surface area contributed by atoms with Crippen LogP contribution in [0.15, 0.2) is 6.07 Å². The lowest BCUT2D eigenvalue weighted by Crippen LogP contribution is -2.24. The molecule has 1 aromatic heterocycles. The van der Waals surface area contributed by atoms with Crippen LogP contribution in [0.3, 0.4) is 0 Å². The molecule has 0 amide bonds. The Kier molecular flexibility index (Phi) is 5.06. The number of hydrogen-bond acceptors (Lipinski definition) is 6. The van der Waals surface area contributed by atoms with Crippen LogP contribution in [-0.4, -0.2) is 32.2 Å². The molecular weight excluding hydrogens is 283 g/mol. The van der Waals surface area contributed by atoms with Crippen molar-refractivity contribution in [1.82, 2.24) is 9.97 Å². The minimum atomic E-state index is -4.67. The van der Waals surface area contributed by atoms with Gasteiger partial charge in [0, 0.05) is 34.9 Å². The number of nitrogen functional groups attached to an aromatic ring is 1. The number of hydrazine groups is 1. The molecule has 0 aromatic carbocycles. The summed E-state index contributed by atoms with van der Waals surface area (Å²) in [7, 11) is -1.07. The van der Waals surface area contributed by atoms with Gasteiger partial charge in [0.2, 0.25) is 5.82 Å². The third-order valence-corrected chi connectivity index (χ3v) is 2.98. The molecule has 19 heavy (non-hydrogen) atoms. The standard InChI is InChI=1S/C9H14F3N5OS/c1-5(4-19(2)18)14-6-3-7(17-13)16-8(15-6)9(10,11)12/h3,5H,4,13H2,1-2H3,(H2,14,15,16,17). The Morgan fingerprint density at radius 3 is 2.47 bits per heavy atom. The molecule has 0 fully saturated rings. The van der Waals surface area contributed by atoms with E-state index in [-0.39, 0.29) is 23.4 Å². The largest absolute Gasteiger partial charge is 0.451 e. The third kappa shape index (κ3) is 4.99. The van der Waals surface area contributed by atoms with Gasteiger partial charge in [-0.1, -0.05) is 0 Å². The zero-order valence-corrected chi connectivity index (χ0v) is 11.1. The summed E-state index contributed by atoms with van der Waals surface area (Å²) in [5.41, 5.74) is 2.04. The Labute approximate surface area is 110 Å². The molecule has 6 nitrogen and oxygen atoms in total. The lowest BCUT2D eigenvalue weighted by atomic mass is 10.4. The van der Waals surface area contributed by atoms with E-state index in [0.29, 0.717) is 0 Å². The smallest absolute Gasteiger partial charge is 0.367 e. The van der Waals surface area contributed by atoms with Gasteiger partial charge in [-0.15, -0.1) is 0 Å². The van der Waals surface area contributed by atoms with Crippen molar-refractivity contribution in [3.8, 4) is 0 Å². The second-order valence-corrected chi connectivity index (χ2v) is 5.37. The normalized spacial score (nSPS) is 14.8. The van der Waals surface area contributed by atoms with Crippen LogP contribution in [-0.2, 0) is 17.0 Å². The van der Waals surface area contributed by atoms with Gasteiger partial charge in [-0.3, -0.25) is 4.21 Å². The van der Waals surface area contributed by atoms with E-state index in [2.05, 4.69) is 15.3 Å². The number of anilines is 2. The molecule has 0 bridgehead atoms. The molecule has 0 aliphatic heterocycles. The average Bonchev–Trinajstić information content (AvgIpc) is 2.25. The van der Waals surface area contributed by atoms with Crippen LogP contribution in [0.25, 0.3) is 0 Å². The quantitative estimate of drug-likeness (QED) is 0.554. The highest BCUT2D eigenvalue weighted by Crippen LogP contribution is 2.28. The monoisotopic (exact) mass is 297 g/mol. The predicted octanol–water partition coefficient (Wildman–Crippen LogP) is 0.960. The van der Waals surface area contributed by atoms with Crippen LogP contribution in [0.2, 0.25) is 0 Å². The van der Waals surface area contributed by atoms with Gasteiger partial charge in [-0.2, -0.15) is 13.2 Å². The first-order valence-electron chi connectivity index (χ1n) is 5.22. The molecule has 2 atom stereocenters. The third-order valence-electron chi connectivity index (χ3n) is 2.01. The molecule has 1 rings (SSSR count). The van der Waals surface area contributed by atoms with Crippen LogP contribution in [0.1, 0.15) is 12.7 Å². The van der Waals surface area contributed by atoms with Crippen molar-refractivity contribution in [3.63, 3.8) is 0 Å². The molecule has 0 aliphatic rings. The van der Waals surface area contributed by atoms with Crippen LogP contribution in [0.4, 0.5) is 24.8 Å². The number of alkyl halides is 3. The number of rotatable bonds is 5. The van der Waals surface area contributed by atoms with Crippen molar-refractivity contribution in [2.75, 3.05) is 22.8 Å². The van der Waals surface area contributed by atoms with Crippen LogP contribution < -0.4 is 16.6 Å². The molecular formula is C9H14F3N5OS. The lowest BCUT2D eigenvalue weighted by molar-refractivity contribution is -0.144. The second-order valence-electron chi connectivity index (χ2n) is 3.89. The maximum absolute atomic E-state index is 12.6. The Morgan fingerprint density at radius 1 is 1.42 bits per heavy atom. The van der Waals surface area contributed by atoms with Crippen LogP contribution in [0.5, 0.6) is 0 Å². The molecule has 0 radical (unpaired) electrons. The van der Waals surface area contributed by atoms with Crippen molar-refractivity contribution >= 4 is 22.4 Å². The fraction of sp³-hybridized carbons (Fsp3) is 0.556. The first-order valence-corrected chi connectivity index (χ1v) is 6.94. The summed E-state index contributed by atoms with van der Waals surface area (Å²) in [5, 5.41) is 2.72. The summed E-state index contributed by atoms with van der Waals surface area (Å²) in [5.74, 6) is 3.86. The van der Waals surface area contributed by atoms with E-state index in [0.717, 1.165) is 0 Å². The highest BCUT2D eigenvalue weighted by Gasteiger charge is 2.35. The number of nitrogens with one attached hydrogen (secondary N) is 2. The number of nitrogens with zero attached hydrogens (tertiary/aromatic N) is 2. The molecule has 0 spiro atoms. The van der Waals surface area contributed by atoms with Gasteiger partial charge in [-0.25, -0.2) is 15.8 Å². The highest BCUT2D eigenvalue weighted by atomic mass is 32.2. The van der Waals surface area contributed by atoms with Crippen molar-refractivity contribution in [1.29, 1.82) is 0 Å². The lowest BCUT2D eigenvalue weighted by Gasteiger charge is -2.15. The molecule has 1 aromatic rings. The molecule has 4 N–H and O–H groups in total. The summed E-state index contributed by atoms with van der Waals surface area (Å²) < 4.78 is 48.7. The maximum Gasteiger partial charge on any atom is 0.451 e. The van der Waals surface area contributed by atoms with Gasteiger partial charge in [0.05, 0.1) is 0 Å². The second kappa shape index (κ2) is 6.15. The van der Waals surface area contributed by atoms with Gasteiger partial charge in [0.25, 0.3) is 0 Å². The topological polar surface area (TPSA) is 92.9 Å². The summed E-state index contributed by atoms with van der Waals surface area (Å²) in [6.45, 7) is 1.69. The van der Waals surface area contributed by atoms with Gasteiger partial charge in [0.15, 0.2) is 0 Å². The van der Waals surface area contributed by atoms with E-state index in [1.807, 2.05) is 5.43 Å². The molecule has 2 unspecified atom stereocenters. The SMILES string of the molecule is CC(CS(C)=O)Nc1cc(NN)nc(C(F)(F)F)n1. The molecule has 0 saturated carbocycles. The van der Waals surface area contributed by atoms with E-state index in [1.54, 1.807) is 6.92 Å². The fourth-order valence-corrected chi connectivity index (χ4v) is 2.16.